The van der Waals surface area contributed by atoms with Crippen LogP contribution in [0.15, 0.2) is 41.8 Å². The number of aromatic nitrogens is 4. The predicted octanol–water partition coefficient (Wildman–Crippen LogP) is 3.56. The zero-order valence-corrected chi connectivity index (χ0v) is 16.6. The quantitative estimate of drug-likeness (QED) is 0.472. The first-order chi connectivity index (χ1) is 14.2. The zero-order valence-electron chi connectivity index (χ0n) is 15.8. The van der Waals surface area contributed by atoms with Crippen LogP contribution in [0.25, 0.3) is 16.9 Å². The maximum Gasteiger partial charge on any atom is 0.348 e. The van der Waals surface area contributed by atoms with Crippen LogP contribution < -0.4 is 4.74 Å². The Bertz CT molecular complexity index is 1210. The van der Waals surface area contributed by atoms with Crippen molar-refractivity contribution in [3.05, 3.63) is 63.6 Å². The van der Waals surface area contributed by atoms with Crippen LogP contribution in [0, 0.1) is 0 Å². The molecule has 5 rings (SSSR count). The van der Waals surface area contributed by atoms with Crippen LogP contribution in [0.1, 0.15) is 33.5 Å². The standard InChI is InChI=1S/C21H18N4O3S/c1-2-27-21(26)20-15(8-10-29-20)16-4-6-18-22-23-19(25(18)24-16)12-13-3-5-17-14(11-13)7-9-28-17/h3-6,8,10-11H,2,7,9,12H2,1H3. The van der Waals surface area contributed by atoms with E-state index in [0.29, 0.717) is 29.2 Å². The highest BCUT2D eigenvalue weighted by atomic mass is 32.1. The first kappa shape index (κ1) is 17.8. The number of fused-ring (bicyclic) bond motifs is 2. The highest BCUT2D eigenvalue weighted by Gasteiger charge is 2.18. The fourth-order valence-corrected chi connectivity index (χ4v) is 4.28. The molecule has 1 aliphatic rings. The Morgan fingerprint density at radius 1 is 1.24 bits per heavy atom. The third kappa shape index (κ3) is 3.25. The second kappa shape index (κ2) is 7.29. The molecular formula is C21H18N4O3S. The average Bonchev–Trinajstić information content (AvgIpc) is 3.47. The van der Waals surface area contributed by atoms with Gasteiger partial charge >= 0.3 is 5.97 Å². The lowest BCUT2D eigenvalue weighted by Crippen LogP contribution is -2.05. The van der Waals surface area contributed by atoms with E-state index in [1.54, 1.807) is 11.4 Å². The topological polar surface area (TPSA) is 78.6 Å². The molecule has 1 aliphatic heterocycles. The summed E-state index contributed by atoms with van der Waals surface area (Å²) in [6, 6.07) is 11.8. The van der Waals surface area contributed by atoms with Crippen LogP contribution in [-0.4, -0.2) is 39.0 Å². The summed E-state index contributed by atoms with van der Waals surface area (Å²) in [5, 5.41) is 15.1. The number of benzene rings is 1. The van der Waals surface area contributed by atoms with E-state index in [-0.39, 0.29) is 5.97 Å². The molecular weight excluding hydrogens is 388 g/mol. The molecule has 29 heavy (non-hydrogen) atoms. The lowest BCUT2D eigenvalue weighted by molar-refractivity contribution is 0.0533. The number of rotatable bonds is 5. The van der Waals surface area contributed by atoms with Gasteiger partial charge in [0.2, 0.25) is 0 Å². The number of esters is 1. The highest BCUT2D eigenvalue weighted by Crippen LogP contribution is 2.29. The van der Waals surface area contributed by atoms with Gasteiger partial charge in [0.05, 0.1) is 18.9 Å². The molecule has 8 heteroatoms. The van der Waals surface area contributed by atoms with Crippen molar-refractivity contribution in [1.29, 1.82) is 0 Å². The van der Waals surface area contributed by atoms with Crippen LogP contribution in [0.2, 0.25) is 0 Å². The minimum absolute atomic E-state index is 0.330. The molecule has 7 nitrogen and oxygen atoms in total. The van der Waals surface area contributed by atoms with Gasteiger partial charge < -0.3 is 9.47 Å². The maximum absolute atomic E-state index is 12.2. The summed E-state index contributed by atoms with van der Waals surface area (Å²) >= 11 is 1.35. The molecule has 0 atom stereocenters. The summed E-state index contributed by atoms with van der Waals surface area (Å²) in [6.07, 6.45) is 1.54. The summed E-state index contributed by atoms with van der Waals surface area (Å²) in [5.74, 6) is 1.38. The van der Waals surface area contributed by atoms with Gasteiger partial charge in [-0.1, -0.05) is 12.1 Å². The molecule has 0 fully saturated rings. The normalized spacial score (nSPS) is 12.7. The van der Waals surface area contributed by atoms with Crippen LogP contribution in [0.5, 0.6) is 5.75 Å². The first-order valence-electron chi connectivity index (χ1n) is 9.44. The first-order valence-corrected chi connectivity index (χ1v) is 10.3. The molecule has 0 saturated carbocycles. The maximum atomic E-state index is 12.2. The Morgan fingerprint density at radius 3 is 3.07 bits per heavy atom. The number of nitrogens with zero attached hydrogens (tertiary/aromatic N) is 4. The number of carbonyl (C=O) groups excluding carboxylic acids is 1. The summed E-state index contributed by atoms with van der Waals surface area (Å²) in [5.41, 5.74) is 4.47. The number of hydrogen-bond donors (Lipinski definition) is 0. The summed E-state index contributed by atoms with van der Waals surface area (Å²) in [7, 11) is 0. The molecule has 3 aromatic heterocycles. The molecule has 0 saturated heterocycles. The minimum Gasteiger partial charge on any atom is -0.493 e. The van der Waals surface area contributed by atoms with Crippen LogP contribution in [0.3, 0.4) is 0 Å². The third-order valence-electron chi connectivity index (χ3n) is 4.85. The molecule has 0 spiro atoms. The summed E-state index contributed by atoms with van der Waals surface area (Å²) < 4.78 is 12.5. The minimum atomic E-state index is -0.330. The average molecular weight is 406 g/mol. The van der Waals surface area contributed by atoms with E-state index in [2.05, 4.69) is 16.3 Å². The van der Waals surface area contributed by atoms with Crippen molar-refractivity contribution < 1.29 is 14.3 Å². The summed E-state index contributed by atoms with van der Waals surface area (Å²) in [4.78, 5) is 12.8. The van der Waals surface area contributed by atoms with Crippen molar-refractivity contribution in [2.45, 2.75) is 19.8 Å². The van der Waals surface area contributed by atoms with Gasteiger partial charge in [0.25, 0.3) is 0 Å². The van der Waals surface area contributed by atoms with Gasteiger partial charge in [0, 0.05) is 18.4 Å². The van der Waals surface area contributed by atoms with E-state index in [4.69, 9.17) is 14.6 Å². The van der Waals surface area contributed by atoms with E-state index in [1.807, 2.05) is 35.7 Å². The van der Waals surface area contributed by atoms with Gasteiger partial charge in [-0.3, -0.25) is 0 Å². The molecule has 4 aromatic rings. The van der Waals surface area contributed by atoms with Gasteiger partial charge in [-0.2, -0.15) is 9.61 Å². The molecule has 0 bridgehead atoms. The van der Waals surface area contributed by atoms with E-state index in [0.717, 1.165) is 35.7 Å². The van der Waals surface area contributed by atoms with Crippen LogP contribution in [0.4, 0.5) is 0 Å². The second-order valence-electron chi connectivity index (χ2n) is 6.71. The van der Waals surface area contributed by atoms with E-state index in [9.17, 15) is 4.79 Å². The zero-order chi connectivity index (χ0) is 19.8. The van der Waals surface area contributed by atoms with E-state index in [1.165, 1.54) is 16.9 Å². The van der Waals surface area contributed by atoms with Crippen molar-refractivity contribution in [3.8, 4) is 17.0 Å². The third-order valence-corrected chi connectivity index (χ3v) is 5.74. The van der Waals surface area contributed by atoms with Crippen molar-refractivity contribution in [3.63, 3.8) is 0 Å². The Morgan fingerprint density at radius 2 is 2.17 bits per heavy atom. The number of carbonyl (C=O) groups is 1. The Kier molecular flexibility index (Phi) is 4.48. The molecule has 1 aromatic carbocycles. The molecule has 0 N–H and O–H groups in total. The molecule has 0 amide bonds. The smallest absolute Gasteiger partial charge is 0.348 e. The van der Waals surface area contributed by atoms with E-state index < -0.39 is 0 Å². The lowest BCUT2D eigenvalue weighted by Gasteiger charge is -2.06. The Labute approximate surface area is 170 Å². The van der Waals surface area contributed by atoms with Crippen LogP contribution >= 0.6 is 11.3 Å². The fraction of sp³-hybridized carbons (Fsp3) is 0.238. The van der Waals surface area contributed by atoms with Crippen molar-refractivity contribution in [2.75, 3.05) is 13.2 Å². The highest BCUT2D eigenvalue weighted by molar-refractivity contribution is 7.12. The van der Waals surface area contributed by atoms with Crippen molar-refractivity contribution in [1.82, 2.24) is 19.8 Å². The van der Waals surface area contributed by atoms with E-state index >= 15 is 0 Å². The summed E-state index contributed by atoms with van der Waals surface area (Å²) in [6.45, 7) is 2.87. The number of ether oxygens (including phenoxy) is 2. The fourth-order valence-electron chi connectivity index (χ4n) is 3.49. The number of hydrogen-bond acceptors (Lipinski definition) is 7. The Balaban J connectivity index is 1.50. The van der Waals surface area contributed by atoms with Crippen molar-refractivity contribution in [2.24, 2.45) is 0 Å². The molecule has 0 unspecified atom stereocenters. The van der Waals surface area contributed by atoms with Gasteiger partial charge in [-0.15, -0.1) is 21.5 Å². The Hall–Kier alpha value is -3.26. The van der Waals surface area contributed by atoms with Crippen molar-refractivity contribution >= 4 is 23.0 Å². The van der Waals surface area contributed by atoms with Gasteiger partial charge in [0.15, 0.2) is 11.5 Å². The van der Waals surface area contributed by atoms with Crippen LogP contribution in [-0.2, 0) is 17.6 Å². The number of thiophene rings is 1. The SMILES string of the molecule is CCOC(=O)c1sccc1-c1ccc2nnc(Cc3ccc4c(c3)CCO4)n2n1. The largest absolute Gasteiger partial charge is 0.493 e. The molecule has 4 heterocycles. The lowest BCUT2D eigenvalue weighted by atomic mass is 10.1. The van der Waals surface area contributed by atoms with Gasteiger partial charge in [0.1, 0.15) is 10.6 Å². The monoisotopic (exact) mass is 406 g/mol. The predicted molar refractivity (Wildman–Crippen MR) is 108 cm³/mol. The molecule has 0 radical (unpaired) electrons. The molecule has 0 aliphatic carbocycles. The second-order valence-corrected chi connectivity index (χ2v) is 7.62. The van der Waals surface area contributed by atoms with Gasteiger partial charge in [-0.05, 0) is 47.7 Å². The molecule has 146 valence electrons. The van der Waals surface area contributed by atoms with Gasteiger partial charge in [-0.25, -0.2) is 4.79 Å².